The van der Waals surface area contributed by atoms with Crippen molar-refractivity contribution < 1.29 is 24.1 Å². The Bertz CT molecular complexity index is 446. The predicted molar refractivity (Wildman–Crippen MR) is 74.6 cm³/mol. The first-order chi connectivity index (χ1) is 9.76. The lowest BCUT2D eigenvalue weighted by molar-refractivity contribution is -0.0468. The van der Waals surface area contributed by atoms with Crippen LogP contribution in [0.15, 0.2) is 12.1 Å². The fourth-order valence-electron chi connectivity index (χ4n) is 2.72. The Balaban J connectivity index is 2.44. The maximum atomic E-state index is 9.54. The Hall–Kier alpha value is -1.46. The van der Waals surface area contributed by atoms with Crippen LogP contribution in [-0.4, -0.2) is 39.6 Å². The van der Waals surface area contributed by atoms with Crippen molar-refractivity contribution in [3.8, 4) is 17.2 Å². The molecule has 0 aromatic heterocycles. The molecule has 0 bridgehead atoms. The number of hydrogen-bond acceptors (Lipinski definition) is 5. The highest BCUT2D eigenvalue weighted by atomic mass is 16.5. The summed E-state index contributed by atoms with van der Waals surface area (Å²) in [4.78, 5) is 0. The molecule has 0 aliphatic carbocycles. The third-order valence-corrected chi connectivity index (χ3v) is 3.72. The van der Waals surface area contributed by atoms with E-state index in [4.69, 9.17) is 18.9 Å². The first-order valence-electron chi connectivity index (χ1n) is 6.78. The van der Waals surface area contributed by atoms with Gasteiger partial charge in [0.1, 0.15) is 0 Å². The number of methoxy groups -OCH3 is 3. The molecule has 1 saturated heterocycles. The van der Waals surface area contributed by atoms with Crippen LogP contribution in [0.2, 0.25) is 0 Å². The summed E-state index contributed by atoms with van der Waals surface area (Å²) < 4.78 is 22.0. The highest BCUT2D eigenvalue weighted by Crippen LogP contribution is 2.46. The molecule has 0 saturated carbocycles. The number of aliphatic hydroxyl groups is 1. The minimum absolute atomic E-state index is 0.0794. The highest BCUT2D eigenvalue weighted by molar-refractivity contribution is 5.56. The van der Waals surface area contributed by atoms with Crippen molar-refractivity contribution in [2.24, 2.45) is 5.92 Å². The van der Waals surface area contributed by atoms with E-state index in [2.05, 4.69) is 0 Å². The van der Waals surface area contributed by atoms with E-state index in [1.54, 1.807) is 21.3 Å². The van der Waals surface area contributed by atoms with Crippen molar-refractivity contribution in [2.75, 3.05) is 34.5 Å². The minimum Gasteiger partial charge on any atom is -0.493 e. The molecular formula is C15H22O5. The van der Waals surface area contributed by atoms with Crippen LogP contribution in [0, 0.1) is 5.92 Å². The molecule has 112 valence electrons. The topological polar surface area (TPSA) is 57.2 Å². The van der Waals surface area contributed by atoms with Gasteiger partial charge in [-0.1, -0.05) is 0 Å². The van der Waals surface area contributed by atoms with Gasteiger partial charge in [0.2, 0.25) is 5.75 Å². The Labute approximate surface area is 119 Å². The lowest BCUT2D eigenvalue weighted by atomic mass is 9.89. The summed E-state index contributed by atoms with van der Waals surface area (Å²) in [7, 11) is 4.76. The monoisotopic (exact) mass is 282 g/mol. The van der Waals surface area contributed by atoms with Gasteiger partial charge in [0.15, 0.2) is 11.5 Å². The van der Waals surface area contributed by atoms with Gasteiger partial charge in [-0.15, -0.1) is 0 Å². The number of rotatable bonds is 5. The SMILES string of the molecule is COc1ccc(C2OCCCC2CO)c(OC)c1OC. The summed E-state index contributed by atoms with van der Waals surface area (Å²) in [6.45, 7) is 0.792. The molecule has 1 aromatic rings. The van der Waals surface area contributed by atoms with Gasteiger partial charge < -0.3 is 24.1 Å². The number of aliphatic hydroxyl groups excluding tert-OH is 1. The van der Waals surface area contributed by atoms with Gasteiger partial charge >= 0.3 is 0 Å². The van der Waals surface area contributed by atoms with Crippen molar-refractivity contribution in [3.05, 3.63) is 17.7 Å². The van der Waals surface area contributed by atoms with Crippen LogP contribution in [-0.2, 0) is 4.74 Å². The van der Waals surface area contributed by atoms with Crippen LogP contribution in [0.1, 0.15) is 24.5 Å². The molecule has 1 N–H and O–H groups in total. The van der Waals surface area contributed by atoms with E-state index in [0.29, 0.717) is 23.9 Å². The zero-order chi connectivity index (χ0) is 14.5. The molecule has 0 radical (unpaired) electrons. The summed E-state index contributed by atoms with van der Waals surface area (Å²) >= 11 is 0. The Morgan fingerprint density at radius 2 is 1.90 bits per heavy atom. The van der Waals surface area contributed by atoms with E-state index in [0.717, 1.165) is 18.4 Å². The number of hydrogen-bond donors (Lipinski definition) is 1. The van der Waals surface area contributed by atoms with E-state index >= 15 is 0 Å². The quantitative estimate of drug-likeness (QED) is 0.897. The number of ether oxygens (including phenoxy) is 4. The molecule has 1 aliphatic heterocycles. The second-order valence-corrected chi connectivity index (χ2v) is 4.80. The average molecular weight is 282 g/mol. The summed E-state index contributed by atoms with van der Waals surface area (Å²) in [5.41, 5.74) is 0.893. The molecule has 5 nitrogen and oxygen atoms in total. The smallest absolute Gasteiger partial charge is 0.203 e. The Morgan fingerprint density at radius 1 is 1.15 bits per heavy atom. The average Bonchev–Trinajstić information content (AvgIpc) is 2.53. The van der Waals surface area contributed by atoms with Gasteiger partial charge in [-0.2, -0.15) is 0 Å². The van der Waals surface area contributed by atoms with E-state index in [-0.39, 0.29) is 18.6 Å². The summed E-state index contributed by atoms with van der Waals surface area (Å²) in [5.74, 6) is 1.86. The molecule has 0 amide bonds. The molecule has 1 fully saturated rings. The van der Waals surface area contributed by atoms with Gasteiger partial charge in [0, 0.05) is 24.7 Å². The Kier molecular flexibility index (Phi) is 5.09. The predicted octanol–water partition coefficient (Wildman–Crippen LogP) is 2.17. The van der Waals surface area contributed by atoms with E-state index in [9.17, 15) is 5.11 Å². The first-order valence-corrected chi connectivity index (χ1v) is 6.78. The van der Waals surface area contributed by atoms with Gasteiger partial charge in [-0.3, -0.25) is 0 Å². The lowest BCUT2D eigenvalue weighted by Crippen LogP contribution is -2.25. The fourth-order valence-corrected chi connectivity index (χ4v) is 2.72. The van der Waals surface area contributed by atoms with Crippen LogP contribution in [0.5, 0.6) is 17.2 Å². The van der Waals surface area contributed by atoms with Gasteiger partial charge in [-0.05, 0) is 25.0 Å². The first kappa shape index (κ1) is 14.9. The molecule has 1 heterocycles. The van der Waals surface area contributed by atoms with Crippen LogP contribution >= 0.6 is 0 Å². The van der Waals surface area contributed by atoms with Crippen molar-refractivity contribution >= 4 is 0 Å². The van der Waals surface area contributed by atoms with Gasteiger partial charge in [0.05, 0.1) is 27.4 Å². The molecule has 2 unspecified atom stereocenters. The normalized spacial score (nSPS) is 22.4. The Morgan fingerprint density at radius 3 is 2.50 bits per heavy atom. The van der Waals surface area contributed by atoms with Crippen molar-refractivity contribution in [1.82, 2.24) is 0 Å². The van der Waals surface area contributed by atoms with Crippen molar-refractivity contribution in [2.45, 2.75) is 18.9 Å². The molecule has 0 spiro atoms. The summed E-state index contributed by atoms with van der Waals surface area (Å²) in [5, 5.41) is 9.54. The third kappa shape index (κ3) is 2.69. The van der Waals surface area contributed by atoms with Crippen LogP contribution in [0.4, 0.5) is 0 Å². The third-order valence-electron chi connectivity index (χ3n) is 3.72. The molecule has 5 heteroatoms. The van der Waals surface area contributed by atoms with E-state index < -0.39 is 0 Å². The van der Waals surface area contributed by atoms with Crippen LogP contribution in [0.3, 0.4) is 0 Å². The second-order valence-electron chi connectivity index (χ2n) is 4.80. The molecule has 2 atom stereocenters. The van der Waals surface area contributed by atoms with Crippen molar-refractivity contribution in [3.63, 3.8) is 0 Å². The molecule has 2 rings (SSSR count). The molecular weight excluding hydrogens is 260 g/mol. The number of benzene rings is 1. The standard InChI is InChI=1S/C15H22O5/c1-17-12-7-6-11(14(18-2)15(12)19-3)13-10(9-16)5-4-8-20-13/h6-7,10,13,16H,4-5,8-9H2,1-3H3. The lowest BCUT2D eigenvalue weighted by Gasteiger charge is -2.32. The summed E-state index contributed by atoms with van der Waals surface area (Å²) in [6.07, 6.45) is 1.74. The fraction of sp³-hybridized carbons (Fsp3) is 0.600. The zero-order valence-electron chi connectivity index (χ0n) is 12.2. The molecule has 1 aliphatic rings. The van der Waals surface area contributed by atoms with E-state index in [1.165, 1.54) is 0 Å². The van der Waals surface area contributed by atoms with Crippen LogP contribution in [0.25, 0.3) is 0 Å². The zero-order valence-corrected chi connectivity index (χ0v) is 12.2. The minimum atomic E-state index is -0.177. The van der Waals surface area contributed by atoms with Crippen LogP contribution < -0.4 is 14.2 Å². The molecule has 1 aromatic carbocycles. The largest absolute Gasteiger partial charge is 0.493 e. The highest BCUT2D eigenvalue weighted by Gasteiger charge is 2.31. The second kappa shape index (κ2) is 6.81. The maximum absolute atomic E-state index is 9.54. The summed E-state index contributed by atoms with van der Waals surface area (Å²) in [6, 6.07) is 3.75. The molecule has 20 heavy (non-hydrogen) atoms. The van der Waals surface area contributed by atoms with Gasteiger partial charge in [0.25, 0.3) is 0 Å². The van der Waals surface area contributed by atoms with Crippen molar-refractivity contribution in [1.29, 1.82) is 0 Å². The van der Waals surface area contributed by atoms with Gasteiger partial charge in [-0.25, -0.2) is 0 Å². The maximum Gasteiger partial charge on any atom is 0.203 e. The van der Waals surface area contributed by atoms with E-state index in [1.807, 2.05) is 12.1 Å².